The monoisotopic (exact) mass is 1520 g/mol. The van der Waals surface area contributed by atoms with E-state index >= 15 is 0 Å². The molecule has 1 saturated carbocycles. The lowest BCUT2D eigenvalue weighted by atomic mass is 9.87. The summed E-state index contributed by atoms with van der Waals surface area (Å²) < 4.78 is 40.0. The summed E-state index contributed by atoms with van der Waals surface area (Å²) in [6, 6.07) is 77.8. The second-order valence-corrected chi connectivity index (χ2v) is 28.4. The average molecular weight is 1520 g/mol. The van der Waals surface area contributed by atoms with Crippen LogP contribution < -0.4 is 36.1 Å². The minimum Gasteiger partial charge on any atom is -0.497 e. The molecule has 5 aliphatic heterocycles. The molecular formula is C95H104N6O12. The minimum atomic E-state index is -0.152. The molecule has 0 unspecified atom stereocenters. The molecule has 1 aromatic heterocycles. The Labute approximate surface area is 664 Å². The molecule has 1 aliphatic carbocycles. The quantitative estimate of drug-likeness (QED) is 0.0248. The first-order chi connectivity index (χ1) is 55.4. The molecule has 0 spiro atoms. The Morgan fingerprint density at radius 3 is 1.21 bits per heavy atom. The van der Waals surface area contributed by atoms with Gasteiger partial charge in [-0.1, -0.05) is 252 Å². The highest BCUT2D eigenvalue weighted by Crippen LogP contribution is 2.29. The molecule has 1 fully saturated rings. The van der Waals surface area contributed by atoms with Crippen LogP contribution in [0, 0.1) is 5.92 Å². The molecule has 5 amide bonds. The summed E-state index contributed by atoms with van der Waals surface area (Å²) >= 11 is 0. The molecule has 113 heavy (non-hydrogen) atoms. The first-order valence-electron chi connectivity index (χ1n) is 39.5. The normalized spacial score (nSPS) is 17.9. The van der Waals surface area contributed by atoms with Crippen molar-refractivity contribution in [2.45, 2.75) is 140 Å². The number of amides is 5. The van der Waals surface area contributed by atoms with Gasteiger partial charge in [-0.15, -0.1) is 0 Å². The SMILES string of the molecule is CCCCCOC1=CC(=O)N[C@H]1Cc1ccccc1.COc1ccc(C[C@@H]2NC(=O)C=C2OCc2cccc3ccccc23)cc1.O=C1C=C(OCCC2CCCCC2)[C@H](Cc2ccccc2)N1.O=C1C=C(OCCOc2ccccc2)[C@H](Cc2ccccc2)N1.O=C1C=C(OCCc2ccccn2)[C@H](Cc2ccccc2)N1. The molecule has 0 radical (unpaired) electrons. The van der Waals surface area contributed by atoms with Gasteiger partial charge in [-0.25, -0.2) is 0 Å². The first kappa shape index (κ1) is 81.8. The van der Waals surface area contributed by atoms with Gasteiger partial charge in [-0.05, 0) is 131 Å². The van der Waals surface area contributed by atoms with Gasteiger partial charge in [0.15, 0.2) is 0 Å². The van der Waals surface area contributed by atoms with Gasteiger partial charge in [0, 0.05) is 48.7 Å². The molecule has 5 N–H and O–H groups in total. The molecule has 15 rings (SSSR count). The van der Waals surface area contributed by atoms with Gasteiger partial charge in [0.2, 0.25) is 29.5 Å². The standard InChI is InChI=1S/C23H21NO3.C19H19NO3.C19H25NO2.C18H18N2O2.C16H21NO2/c1-26-19-11-9-16(10-12-19)13-21-22(14-23(25)24-21)27-15-18-7-4-6-17-5-2-3-8-20(17)18;21-19-14-18(17(20-19)13-15-7-3-1-4-8-15)23-12-11-22-16-9-5-2-6-10-16;21-19-14-18(22-12-11-15-7-3-1-4-8-15)17(20-19)13-16-9-5-2-6-10-16;21-18-13-17(22-11-9-15-8-4-5-10-19-15)16(20-18)12-14-6-2-1-3-7-14;1-2-3-7-10-19-15-12-16(18)17-14(15)11-13-8-5-4-6-9-13/h2-12,14,21H,13,15H2,1H3,(H,24,25);1-10,14,17H,11-13H2,(H,20,21);2,5-6,9-10,14-15,17H,1,3-4,7-8,11-13H2,(H,20,21);1-8,10,13,16H,9,11-12H2,(H,20,21);4-6,8-9,12,14H,2-3,7,10-11H2,1H3,(H,17,18)/t21-;2*17-;16-;14-/m00000/s1. The van der Waals surface area contributed by atoms with Crippen LogP contribution in [0.1, 0.15) is 104 Å². The van der Waals surface area contributed by atoms with E-state index in [1.54, 1.807) is 37.6 Å². The molecule has 18 nitrogen and oxygen atoms in total. The van der Waals surface area contributed by atoms with Gasteiger partial charge in [0.25, 0.3) is 0 Å². The van der Waals surface area contributed by atoms with Crippen molar-refractivity contribution >= 4 is 40.3 Å². The average Bonchev–Trinajstić information content (AvgIpc) is 1.35. The molecule has 6 aliphatic rings. The van der Waals surface area contributed by atoms with E-state index in [2.05, 4.69) is 99.2 Å². The summed E-state index contributed by atoms with van der Waals surface area (Å²) in [5, 5.41) is 17.1. The highest BCUT2D eigenvalue weighted by atomic mass is 16.5. The smallest absolute Gasteiger partial charge is 0.248 e. The molecule has 18 heteroatoms. The summed E-state index contributed by atoms with van der Waals surface area (Å²) in [6.45, 7) is 5.38. The maximum absolute atomic E-state index is 11.9. The molecule has 9 aromatic rings. The van der Waals surface area contributed by atoms with Crippen LogP contribution in [0.25, 0.3) is 10.8 Å². The van der Waals surface area contributed by atoms with Crippen LogP contribution in [0.4, 0.5) is 0 Å². The molecule has 8 aromatic carbocycles. The number of nitrogens with one attached hydrogen (secondary N) is 5. The number of carbonyl (C=O) groups is 5. The van der Waals surface area contributed by atoms with Gasteiger partial charge >= 0.3 is 0 Å². The van der Waals surface area contributed by atoms with Crippen LogP contribution in [-0.2, 0) is 92.8 Å². The zero-order valence-corrected chi connectivity index (χ0v) is 64.6. The number of pyridine rings is 1. The number of benzene rings is 8. The second kappa shape index (κ2) is 44.6. The second-order valence-electron chi connectivity index (χ2n) is 28.4. The lowest BCUT2D eigenvalue weighted by Gasteiger charge is -2.22. The largest absolute Gasteiger partial charge is 0.497 e. The molecular weight excluding hydrogens is 1420 g/mol. The van der Waals surface area contributed by atoms with E-state index < -0.39 is 0 Å². The van der Waals surface area contributed by atoms with Crippen LogP contribution in [0.3, 0.4) is 0 Å². The Morgan fingerprint density at radius 1 is 0.354 bits per heavy atom. The van der Waals surface area contributed by atoms with E-state index in [-0.39, 0.29) is 59.7 Å². The van der Waals surface area contributed by atoms with E-state index in [0.717, 1.165) is 109 Å². The molecule has 6 heterocycles. The van der Waals surface area contributed by atoms with Crippen molar-refractivity contribution < 1.29 is 57.1 Å². The van der Waals surface area contributed by atoms with Crippen LogP contribution >= 0.6 is 0 Å². The number of hydrogen-bond donors (Lipinski definition) is 5. The number of hydrogen-bond acceptors (Lipinski definition) is 13. The van der Waals surface area contributed by atoms with E-state index in [1.807, 2.05) is 176 Å². The van der Waals surface area contributed by atoms with Crippen LogP contribution in [0.5, 0.6) is 11.5 Å². The number of nitrogens with zero attached hydrogens (tertiary/aromatic N) is 1. The maximum atomic E-state index is 11.9. The fourth-order valence-corrected chi connectivity index (χ4v) is 14.0. The summed E-state index contributed by atoms with van der Waals surface area (Å²) in [7, 11) is 1.65. The van der Waals surface area contributed by atoms with Crippen LogP contribution in [0.2, 0.25) is 0 Å². The summed E-state index contributed by atoms with van der Waals surface area (Å²) in [5.74, 6) is 5.72. The van der Waals surface area contributed by atoms with Gasteiger partial charge in [-0.2, -0.15) is 0 Å². The number of methoxy groups -OCH3 is 1. The van der Waals surface area contributed by atoms with Crippen molar-refractivity contribution in [2.75, 3.05) is 40.1 Å². The van der Waals surface area contributed by atoms with Crippen LogP contribution in [0.15, 0.2) is 302 Å². The highest BCUT2D eigenvalue weighted by molar-refractivity contribution is 5.93. The Balaban J connectivity index is 0.000000140. The zero-order chi connectivity index (χ0) is 78.4. The number of carbonyl (C=O) groups excluding carboxylic acids is 5. The highest BCUT2D eigenvalue weighted by Gasteiger charge is 2.30. The third-order valence-corrected chi connectivity index (χ3v) is 19.9. The Kier molecular flexibility index (Phi) is 32.3. The summed E-state index contributed by atoms with van der Waals surface area (Å²) in [6.07, 6.45) is 25.3. The van der Waals surface area contributed by atoms with Gasteiger partial charge in [-0.3, -0.25) is 29.0 Å². The van der Waals surface area contributed by atoms with Gasteiger partial charge < -0.3 is 59.7 Å². The summed E-state index contributed by atoms with van der Waals surface area (Å²) in [4.78, 5) is 62.5. The van der Waals surface area contributed by atoms with Crippen molar-refractivity contribution in [3.05, 3.63) is 341 Å². The predicted molar refractivity (Wildman–Crippen MR) is 440 cm³/mol. The van der Waals surface area contributed by atoms with Crippen LogP contribution in [-0.4, -0.2) is 105 Å². The lowest BCUT2D eigenvalue weighted by molar-refractivity contribution is -0.117. The van der Waals surface area contributed by atoms with Gasteiger partial charge in [0.1, 0.15) is 60.1 Å². The minimum absolute atomic E-state index is 0.0127. The number of para-hydroxylation sites is 1. The fraction of sp³-hybridized carbons (Fsp3) is 0.305. The number of fused-ring (bicyclic) bond motifs is 1. The van der Waals surface area contributed by atoms with E-state index in [4.69, 9.17) is 33.2 Å². The molecule has 0 saturated heterocycles. The molecule has 5 atom stereocenters. The van der Waals surface area contributed by atoms with Crippen molar-refractivity contribution in [1.29, 1.82) is 0 Å². The lowest BCUT2D eigenvalue weighted by Crippen LogP contribution is -2.31. The number of rotatable bonds is 32. The Bertz CT molecular complexity index is 4610. The van der Waals surface area contributed by atoms with E-state index in [1.165, 1.54) is 72.1 Å². The molecule has 586 valence electrons. The fourth-order valence-electron chi connectivity index (χ4n) is 14.0. The first-order valence-corrected chi connectivity index (χ1v) is 39.5. The van der Waals surface area contributed by atoms with Gasteiger partial charge in [0.05, 0.1) is 57.1 Å². The van der Waals surface area contributed by atoms with E-state index in [9.17, 15) is 24.0 Å². The third kappa shape index (κ3) is 27.4. The maximum Gasteiger partial charge on any atom is 0.248 e. The number of unbranched alkanes of at least 4 members (excludes halogenated alkanes) is 2. The Morgan fingerprint density at radius 2 is 0.752 bits per heavy atom. The Hall–Kier alpha value is -12.2. The topological polar surface area (TPSA) is 223 Å². The number of ether oxygens (including phenoxy) is 7. The molecule has 0 bridgehead atoms. The van der Waals surface area contributed by atoms with Crippen molar-refractivity contribution in [3.8, 4) is 11.5 Å². The zero-order valence-electron chi connectivity index (χ0n) is 64.6. The third-order valence-electron chi connectivity index (χ3n) is 19.9. The van der Waals surface area contributed by atoms with Crippen molar-refractivity contribution in [2.24, 2.45) is 5.92 Å². The van der Waals surface area contributed by atoms with Crippen molar-refractivity contribution in [3.63, 3.8) is 0 Å². The summed E-state index contributed by atoms with van der Waals surface area (Å²) in [5.41, 5.74) is 7.97. The predicted octanol–water partition coefficient (Wildman–Crippen LogP) is 15.4. The number of aromatic nitrogens is 1. The van der Waals surface area contributed by atoms with E-state index in [0.29, 0.717) is 56.7 Å². The van der Waals surface area contributed by atoms with Crippen molar-refractivity contribution in [1.82, 2.24) is 31.6 Å².